The topological polar surface area (TPSA) is 35.5 Å². The van der Waals surface area contributed by atoms with E-state index in [4.69, 9.17) is 9.47 Å². The minimum atomic E-state index is -0.147. The van der Waals surface area contributed by atoms with Crippen molar-refractivity contribution in [3.63, 3.8) is 0 Å². The highest BCUT2D eigenvalue weighted by molar-refractivity contribution is 5.80. The van der Waals surface area contributed by atoms with Gasteiger partial charge in [-0.1, -0.05) is 18.2 Å². The maximum absolute atomic E-state index is 11.4. The Bertz CT molecular complexity index is 346. The summed E-state index contributed by atoms with van der Waals surface area (Å²) < 4.78 is 10.1. The van der Waals surface area contributed by atoms with Crippen LogP contribution in [0.3, 0.4) is 0 Å². The maximum Gasteiger partial charge on any atom is 0.313 e. The third-order valence-electron chi connectivity index (χ3n) is 2.45. The average Bonchev–Trinajstić information content (AvgIpc) is 2.64. The van der Waals surface area contributed by atoms with Crippen LogP contribution in [0.2, 0.25) is 0 Å². The van der Waals surface area contributed by atoms with Gasteiger partial charge in [-0.15, -0.1) is 0 Å². The number of ether oxygens (including phenoxy) is 2. The van der Waals surface area contributed by atoms with Gasteiger partial charge in [0.1, 0.15) is 5.75 Å². The predicted octanol–water partition coefficient (Wildman–Crippen LogP) is 1.73. The number of benzene rings is 1. The molecule has 0 unspecified atom stereocenters. The highest BCUT2D eigenvalue weighted by Gasteiger charge is 2.30. The lowest BCUT2D eigenvalue weighted by atomic mass is 9.97. The summed E-state index contributed by atoms with van der Waals surface area (Å²) in [6.07, 6.45) is 0.749. The van der Waals surface area contributed by atoms with Gasteiger partial charge in [-0.05, 0) is 12.5 Å². The molecule has 0 bridgehead atoms. The van der Waals surface area contributed by atoms with Crippen molar-refractivity contribution in [2.45, 2.75) is 12.3 Å². The molecule has 1 atom stereocenters. The first-order valence-electron chi connectivity index (χ1n) is 4.62. The Morgan fingerprint density at radius 3 is 2.86 bits per heavy atom. The van der Waals surface area contributed by atoms with Gasteiger partial charge < -0.3 is 9.47 Å². The van der Waals surface area contributed by atoms with Crippen molar-refractivity contribution < 1.29 is 14.3 Å². The van der Waals surface area contributed by atoms with Gasteiger partial charge in [0.05, 0.1) is 19.6 Å². The van der Waals surface area contributed by atoms with Crippen LogP contribution in [0.1, 0.15) is 17.9 Å². The Morgan fingerprint density at radius 1 is 1.43 bits per heavy atom. The van der Waals surface area contributed by atoms with Gasteiger partial charge >= 0.3 is 5.97 Å². The molecule has 0 saturated carbocycles. The second-order valence-corrected chi connectivity index (χ2v) is 3.25. The van der Waals surface area contributed by atoms with Crippen LogP contribution in [0.15, 0.2) is 24.3 Å². The van der Waals surface area contributed by atoms with E-state index in [-0.39, 0.29) is 11.9 Å². The smallest absolute Gasteiger partial charge is 0.313 e. The second-order valence-electron chi connectivity index (χ2n) is 3.25. The third kappa shape index (κ3) is 1.45. The molecule has 74 valence electrons. The molecular weight excluding hydrogens is 180 g/mol. The zero-order valence-corrected chi connectivity index (χ0v) is 8.03. The number of rotatable bonds is 2. The van der Waals surface area contributed by atoms with Crippen LogP contribution in [0.5, 0.6) is 5.75 Å². The molecule has 1 aliphatic heterocycles. The van der Waals surface area contributed by atoms with Crippen LogP contribution in [0.25, 0.3) is 0 Å². The summed E-state index contributed by atoms with van der Waals surface area (Å²) in [6, 6.07) is 7.57. The first kappa shape index (κ1) is 9.06. The largest absolute Gasteiger partial charge is 0.496 e. The fourth-order valence-electron chi connectivity index (χ4n) is 1.73. The Hall–Kier alpha value is -1.51. The van der Waals surface area contributed by atoms with E-state index >= 15 is 0 Å². The first-order chi connectivity index (χ1) is 6.83. The summed E-state index contributed by atoms with van der Waals surface area (Å²) in [5, 5.41) is 0. The molecule has 0 spiro atoms. The van der Waals surface area contributed by atoms with Crippen LogP contribution in [0, 0.1) is 0 Å². The lowest BCUT2D eigenvalue weighted by Crippen LogP contribution is -2.06. The van der Waals surface area contributed by atoms with Crippen LogP contribution in [0.4, 0.5) is 0 Å². The van der Waals surface area contributed by atoms with Crippen LogP contribution < -0.4 is 4.74 Å². The molecule has 2 rings (SSSR count). The van der Waals surface area contributed by atoms with Gasteiger partial charge in [-0.25, -0.2) is 0 Å². The number of para-hydroxylation sites is 1. The SMILES string of the molecule is COc1ccccc1[C@H]1CCOC1=O. The molecule has 1 heterocycles. The monoisotopic (exact) mass is 192 g/mol. The fourth-order valence-corrected chi connectivity index (χ4v) is 1.73. The van der Waals surface area contributed by atoms with E-state index in [1.54, 1.807) is 7.11 Å². The van der Waals surface area contributed by atoms with E-state index in [0.717, 1.165) is 17.7 Å². The molecule has 0 radical (unpaired) electrons. The molecule has 0 aliphatic carbocycles. The van der Waals surface area contributed by atoms with E-state index in [9.17, 15) is 4.79 Å². The van der Waals surface area contributed by atoms with Gasteiger partial charge in [-0.2, -0.15) is 0 Å². The number of cyclic esters (lactones) is 1. The van der Waals surface area contributed by atoms with Gasteiger partial charge in [0.15, 0.2) is 0 Å². The van der Waals surface area contributed by atoms with Crippen molar-refractivity contribution in [1.82, 2.24) is 0 Å². The Labute approximate surface area is 82.6 Å². The Morgan fingerprint density at radius 2 is 2.21 bits per heavy atom. The summed E-state index contributed by atoms with van der Waals surface area (Å²) in [4.78, 5) is 11.4. The highest BCUT2D eigenvalue weighted by Crippen LogP contribution is 2.32. The van der Waals surface area contributed by atoms with E-state index in [0.29, 0.717) is 6.61 Å². The first-order valence-corrected chi connectivity index (χ1v) is 4.62. The molecule has 0 amide bonds. The van der Waals surface area contributed by atoms with E-state index in [1.165, 1.54) is 0 Å². The van der Waals surface area contributed by atoms with Crippen LogP contribution in [-0.2, 0) is 9.53 Å². The number of carbonyl (C=O) groups excluding carboxylic acids is 1. The summed E-state index contributed by atoms with van der Waals surface area (Å²) in [6.45, 7) is 0.515. The molecule has 1 fully saturated rings. The van der Waals surface area contributed by atoms with Crippen molar-refractivity contribution >= 4 is 5.97 Å². The standard InChI is InChI=1S/C11H12O3/c1-13-10-5-3-2-4-8(10)9-6-7-14-11(9)12/h2-5,9H,6-7H2,1H3/t9-/m1/s1. The minimum absolute atomic E-state index is 0.144. The summed E-state index contributed by atoms with van der Waals surface area (Å²) in [5.41, 5.74) is 0.928. The third-order valence-corrected chi connectivity index (χ3v) is 2.45. The van der Waals surface area contributed by atoms with Crippen LogP contribution >= 0.6 is 0 Å². The Balaban J connectivity index is 2.35. The number of esters is 1. The highest BCUT2D eigenvalue weighted by atomic mass is 16.5. The van der Waals surface area contributed by atoms with Crippen molar-refractivity contribution in [3.05, 3.63) is 29.8 Å². The van der Waals surface area contributed by atoms with Crippen molar-refractivity contribution in [2.75, 3.05) is 13.7 Å². The van der Waals surface area contributed by atoms with Crippen LogP contribution in [-0.4, -0.2) is 19.7 Å². The number of methoxy groups -OCH3 is 1. The molecule has 3 heteroatoms. The molecule has 1 aliphatic rings. The van der Waals surface area contributed by atoms with Gasteiger partial charge in [0.25, 0.3) is 0 Å². The van der Waals surface area contributed by atoms with Gasteiger partial charge in [-0.3, -0.25) is 4.79 Å². The van der Waals surface area contributed by atoms with Crippen molar-refractivity contribution in [1.29, 1.82) is 0 Å². The van der Waals surface area contributed by atoms with E-state index in [1.807, 2.05) is 24.3 Å². The number of hydrogen-bond acceptors (Lipinski definition) is 3. The maximum atomic E-state index is 11.4. The quantitative estimate of drug-likeness (QED) is 0.669. The lowest BCUT2D eigenvalue weighted by Gasteiger charge is -2.10. The lowest BCUT2D eigenvalue weighted by molar-refractivity contribution is -0.139. The molecule has 0 N–H and O–H groups in total. The van der Waals surface area contributed by atoms with Crippen molar-refractivity contribution in [3.8, 4) is 5.75 Å². The average molecular weight is 192 g/mol. The zero-order chi connectivity index (χ0) is 9.97. The molecule has 14 heavy (non-hydrogen) atoms. The van der Waals surface area contributed by atoms with Crippen molar-refractivity contribution in [2.24, 2.45) is 0 Å². The van der Waals surface area contributed by atoms with Gasteiger partial charge in [0.2, 0.25) is 0 Å². The number of carbonyl (C=O) groups is 1. The fraction of sp³-hybridized carbons (Fsp3) is 0.364. The molecular formula is C11H12O3. The Kier molecular flexibility index (Phi) is 2.39. The zero-order valence-electron chi connectivity index (χ0n) is 8.03. The second kappa shape index (κ2) is 3.70. The molecule has 3 nitrogen and oxygen atoms in total. The van der Waals surface area contributed by atoms with Gasteiger partial charge in [0, 0.05) is 5.56 Å². The predicted molar refractivity (Wildman–Crippen MR) is 51.3 cm³/mol. The molecule has 0 aromatic heterocycles. The molecule has 1 aromatic rings. The van der Waals surface area contributed by atoms with E-state index < -0.39 is 0 Å². The molecule has 1 saturated heterocycles. The molecule has 1 aromatic carbocycles. The number of hydrogen-bond donors (Lipinski definition) is 0. The van der Waals surface area contributed by atoms with E-state index in [2.05, 4.69) is 0 Å². The minimum Gasteiger partial charge on any atom is -0.496 e. The normalized spacial score (nSPS) is 20.6. The summed E-state index contributed by atoms with van der Waals surface area (Å²) in [5.74, 6) is 0.469. The summed E-state index contributed by atoms with van der Waals surface area (Å²) >= 11 is 0. The summed E-state index contributed by atoms with van der Waals surface area (Å²) in [7, 11) is 1.61.